The molecule has 150 valence electrons. The molecule has 0 radical (unpaired) electrons. The fraction of sp³-hybridized carbons (Fsp3) is 0.0870. The first kappa shape index (κ1) is 20.1. The molecule has 1 amide bonds. The molecule has 0 spiro atoms. The quantitative estimate of drug-likeness (QED) is 0.421. The number of benzene rings is 2. The molecule has 1 fully saturated rings. The number of thioether (sulfide) groups is 1. The van der Waals surface area contributed by atoms with E-state index in [2.05, 4.69) is 0 Å². The largest absolute Gasteiger partial charge is 0.478 e. The Hall–Kier alpha value is -3.16. The zero-order chi connectivity index (χ0) is 21.4. The van der Waals surface area contributed by atoms with Crippen molar-refractivity contribution in [1.29, 1.82) is 0 Å². The van der Waals surface area contributed by atoms with Crippen molar-refractivity contribution in [2.45, 2.75) is 13.8 Å². The Morgan fingerprint density at radius 1 is 1.13 bits per heavy atom. The number of hydrogen-bond donors (Lipinski definition) is 1. The molecule has 0 unspecified atom stereocenters. The Balaban J connectivity index is 1.64. The monoisotopic (exact) mass is 435 g/mol. The van der Waals surface area contributed by atoms with E-state index in [1.54, 1.807) is 36.4 Å². The summed E-state index contributed by atoms with van der Waals surface area (Å²) < 4.78 is 6.36. The fourth-order valence-electron chi connectivity index (χ4n) is 3.18. The number of carbonyl (C=O) groups excluding carboxylic acids is 1. The summed E-state index contributed by atoms with van der Waals surface area (Å²) in [6, 6.07) is 16.0. The molecule has 7 heteroatoms. The summed E-state index contributed by atoms with van der Waals surface area (Å²) in [7, 11) is 0. The fourth-order valence-corrected chi connectivity index (χ4v) is 4.46. The van der Waals surface area contributed by atoms with Gasteiger partial charge in [-0.25, -0.2) is 4.79 Å². The molecule has 4 rings (SSSR count). The lowest BCUT2D eigenvalue weighted by molar-refractivity contribution is -0.113. The van der Waals surface area contributed by atoms with Gasteiger partial charge in [0.15, 0.2) is 4.32 Å². The summed E-state index contributed by atoms with van der Waals surface area (Å²) in [6.07, 6.45) is 1.66. The molecule has 30 heavy (non-hydrogen) atoms. The van der Waals surface area contributed by atoms with Crippen molar-refractivity contribution in [1.82, 2.24) is 0 Å². The van der Waals surface area contributed by atoms with Gasteiger partial charge in [0.1, 0.15) is 11.5 Å². The summed E-state index contributed by atoms with van der Waals surface area (Å²) >= 11 is 6.64. The average molecular weight is 436 g/mol. The molecule has 2 heterocycles. The Bertz CT molecular complexity index is 1230. The SMILES string of the molecule is Cc1cccc(N2C(=O)/C(=C\c3ccc(-c4cc(C(=O)O)ccc4C)o3)SC2=S)c1. The van der Waals surface area contributed by atoms with Crippen LogP contribution in [0.2, 0.25) is 0 Å². The van der Waals surface area contributed by atoms with Crippen molar-refractivity contribution >= 4 is 51.9 Å². The second kappa shape index (κ2) is 7.93. The van der Waals surface area contributed by atoms with Crippen LogP contribution < -0.4 is 4.90 Å². The average Bonchev–Trinajstić information content (AvgIpc) is 3.26. The van der Waals surface area contributed by atoms with Gasteiger partial charge in [-0.2, -0.15) is 0 Å². The maximum absolute atomic E-state index is 12.9. The van der Waals surface area contributed by atoms with Crippen LogP contribution in [0, 0.1) is 13.8 Å². The van der Waals surface area contributed by atoms with E-state index < -0.39 is 5.97 Å². The van der Waals surface area contributed by atoms with Gasteiger partial charge in [0.2, 0.25) is 0 Å². The number of carbonyl (C=O) groups is 2. The predicted molar refractivity (Wildman–Crippen MR) is 123 cm³/mol. The number of amides is 1. The maximum Gasteiger partial charge on any atom is 0.335 e. The highest BCUT2D eigenvalue weighted by Gasteiger charge is 2.33. The second-order valence-electron chi connectivity index (χ2n) is 6.89. The summed E-state index contributed by atoms with van der Waals surface area (Å²) in [6.45, 7) is 3.85. The number of carboxylic acid groups (broad SMARTS) is 1. The Kier molecular flexibility index (Phi) is 5.32. The molecule has 1 aliphatic heterocycles. The predicted octanol–water partition coefficient (Wildman–Crippen LogP) is 5.67. The van der Waals surface area contributed by atoms with E-state index in [0.717, 1.165) is 16.8 Å². The van der Waals surface area contributed by atoms with Gasteiger partial charge in [-0.3, -0.25) is 9.69 Å². The van der Waals surface area contributed by atoms with Crippen LogP contribution in [0.3, 0.4) is 0 Å². The van der Waals surface area contributed by atoms with Crippen LogP contribution in [-0.2, 0) is 4.79 Å². The number of carboxylic acids is 1. The van der Waals surface area contributed by atoms with E-state index in [0.29, 0.717) is 26.3 Å². The standard InChI is InChI=1S/C23H17NO4S2/c1-13-4-3-5-16(10-13)24-21(25)20(30-23(24)29)12-17-8-9-19(28-17)18-11-15(22(26)27)7-6-14(18)2/h3-12H,1-2H3,(H,26,27)/b20-12+. The zero-order valence-electron chi connectivity index (χ0n) is 16.2. The van der Waals surface area contributed by atoms with Crippen molar-refractivity contribution in [3.05, 3.63) is 82.0 Å². The molecule has 5 nitrogen and oxygen atoms in total. The smallest absolute Gasteiger partial charge is 0.335 e. The van der Waals surface area contributed by atoms with Crippen molar-refractivity contribution in [2.75, 3.05) is 4.90 Å². The number of thiocarbonyl (C=S) groups is 1. The Labute approximate surface area is 183 Å². The third kappa shape index (κ3) is 3.81. The lowest BCUT2D eigenvalue weighted by Gasteiger charge is -2.14. The van der Waals surface area contributed by atoms with Crippen LogP contribution in [-0.4, -0.2) is 21.3 Å². The van der Waals surface area contributed by atoms with Crippen molar-refractivity contribution in [2.24, 2.45) is 0 Å². The van der Waals surface area contributed by atoms with E-state index >= 15 is 0 Å². The van der Waals surface area contributed by atoms with Gasteiger partial charge < -0.3 is 9.52 Å². The molecular weight excluding hydrogens is 418 g/mol. The van der Waals surface area contributed by atoms with Gasteiger partial charge in [0.05, 0.1) is 16.2 Å². The summed E-state index contributed by atoms with van der Waals surface area (Å²) in [5.41, 5.74) is 3.56. The van der Waals surface area contributed by atoms with Crippen LogP contribution >= 0.6 is 24.0 Å². The molecule has 0 bridgehead atoms. The van der Waals surface area contributed by atoms with E-state index in [1.165, 1.54) is 16.7 Å². The molecule has 1 aliphatic rings. The van der Waals surface area contributed by atoms with E-state index in [9.17, 15) is 14.7 Å². The maximum atomic E-state index is 12.9. The van der Waals surface area contributed by atoms with Crippen LogP contribution in [0.15, 0.2) is 63.9 Å². The molecule has 0 aliphatic carbocycles. The molecular formula is C23H17NO4S2. The lowest BCUT2D eigenvalue weighted by atomic mass is 10.0. The van der Waals surface area contributed by atoms with Crippen LogP contribution in [0.5, 0.6) is 0 Å². The molecule has 1 aromatic heterocycles. The van der Waals surface area contributed by atoms with Crippen LogP contribution in [0.1, 0.15) is 27.2 Å². The minimum Gasteiger partial charge on any atom is -0.478 e. The number of aryl methyl sites for hydroxylation is 2. The van der Waals surface area contributed by atoms with Crippen LogP contribution in [0.25, 0.3) is 17.4 Å². The van der Waals surface area contributed by atoms with E-state index in [-0.39, 0.29) is 11.5 Å². The summed E-state index contributed by atoms with van der Waals surface area (Å²) in [4.78, 5) is 26.2. The lowest BCUT2D eigenvalue weighted by Crippen LogP contribution is -2.27. The highest BCUT2D eigenvalue weighted by molar-refractivity contribution is 8.27. The first-order valence-corrected chi connectivity index (χ1v) is 10.3. The number of aromatic carboxylic acids is 1. The minimum atomic E-state index is -0.997. The third-order valence-corrected chi connectivity index (χ3v) is 6.01. The Morgan fingerprint density at radius 2 is 1.93 bits per heavy atom. The van der Waals surface area contributed by atoms with Gasteiger partial charge in [0.25, 0.3) is 5.91 Å². The highest BCUT2D eigenvalue weighted by atomic mass is 32.2. The van der Waals surface area contributed by atoms with Gasteiger partial charge in [-0.15, -0.1) is 0 Å². The minimum absolute atomic E-state index is 0.188. The van der Waals surface area contributed by atoms with Crippen molar-refractivity contribution in [3.8, 4) is 11.3 Å². The van der Waals surface area contributed by atoms with E-state index in [4.69, 9.17) is 16.6 Å². The molecule has 3 aromatic rings. The molecule has 0 atom stereocenters. The second-order valence-corrected chi connectivity index (χ2v) is 8.57. The van der Waals surface area contributed by atoms with Gasteiger partial charge in [-0.05, 0) is 61.4 Å². The zero-order valence-corrected chi connectivity index (χ0v) is 17.8. The van der Waals surface area contributed by atoms with Crippen molar-refractivity contribution < 1.29 is 19.1 Å². The first-order valence-electron chi connectivity index (χ1n) is 9.12. The third-order valence-electron chi connectivity index (χ3n) is 4.70. The summed E-state index contributed by atoms with van der Waals surface area (Å²) in [5.74, 6) is -0.161. The molecule has 0 saturated carbocycles. The summed E-state index contributed by atoms with van der Waals surface area (Å²) in [5, 5.41) is 9.23. The number of furan rings is 1. The van der Waals surface area contributed by atoms with Gasteiger partial charge in [-0.1, -0.05) is 42.2 Å². The highest BCUT2D eigenvalue weighted by Crippen LogP contribution is 2.37. The normalized spacial score (nSPS) is 15.3. The molecule has 2 aromatic carbocycles. The van der Waals surface area contributed by atoms with Gasteiger partial charge >= 0.3 is 5.97 Å². The topological polar surface area (TPSA) is 70.8 Å². The number of hydrogen-bond acceptors (Lipinski definition) is 5. The molecule has 1 saturated heterocycles. The first-order chi connectivity index (χ1) is 14.3. The number of nitrogens with zero attached hydrogens (tertiary/aromatic N) is 1. The number of anilines is 1. The molecule has 1 N–H and O–H groups in total. The Morgan fingerprint density at radius 3 is 2.67 bits per heavy atom. The van der Waals surface area contributed by atoms with Crippen LogP contribution in [0.4, 0.5) is 5.69 Å². The van der Waals surface area contributed by atoms with Gasteiger partial charge in [0, 0.05) is 11.6 Å². The van der Waals surface area contributed by atoms with Crippen molar-refractivity contribution in [3.63, 3.8) is 0 Å². The number of rotatable bonds is 4. The van der Waals surface area contributed by atoms with E-state index in [1.807, 2.05) is 38.1 Å².